The second kappa shape index (κ2) is 39.0. The first-order valence-electron chi connectivity index (χ1n) is 23.3. The molecule has 312 valence electrons. The zero-order valence-corrected chi connectivity index (χ0v) is 41.0. The molecule has 0 aromatic heterocycles. The van der Waals surface area contributed by atoms with E-state index >= 15 is 0 Å². The Bertz CT molecular complexity index is 724. The van der Waals surface area contributed by atoms with Gasteiger partial charge in [0, 0.05) is 5.92 Å². The second-order valence-corrected chi connectivity index (χ2v) is 16.1. The monoisotopic (exact) mass is 721 g/mol. The van der Waals surface area contributed by atoms with E-state index in [0.29, 0.717) is 28.6 Å². The van der Waals surface area contributed by atoms with Crippen LogP contribution in [-0.4, -0.2) is 0 Å². The topological polar surface area (TPSA) is 0 Å². The van der Waals surface area contributed by atoms with Crippen molar-refractivity contribution in [1.29, 1.82) is 0 Å². The van der Waals surface area contributed by atoms with E-state index in [9.17, 15) is 0 Å². The molecular formula is C51H108. The molecule has 0 nitrogen and oxygen atoms in total. The number of terminal acetylenes is 1. The molecule has 0 N–H and O–H groups in total. The molecule has 4 rings (SSSR count). The SMILES string of the molecule is C#CC(C(=C)CC(C)CCCC)C(C(C)C)C12CC(CC(C)(C)C1)C2C.CC.CC.CC.CC.CC.CC.CC(C)C1CCCC1.CCC(C)C. The number of rotatable bonds is 11. The highest BCUT2D eigenvalue weighted by Gasteiger charge is 2.62. The molecule has 4 aliphatic carbocycles. The summed E-state index contributed by atoms with van der Waals surface area (Å²) in [6.45, 7) is 56.8. The number of hydrogen-bond donors (Lipinski definition) is 0. The largest absolute Gasteiger partial charge is 0.119 e. The summed E-state index contributed by atoms with van der Waals surface area (Å²) < 4.78 is 0. The normalized spacial score (nSPS) is 22.1. The quantitative estimate of drug-likeness (QED) is 0.147. The van der Waals surface area contributed by atoms with Crippen LogP contribution in [0.15, 0.2) is 12.2 Å². The number of fused-ring (bicyclic) bond motifs is 2. The van der Waals surface area contributed by atoms with Crippen molar-refractivity contribution in [2.24, 2.45) is 64.1 Å². The molecule has 4 saturated carbocycles. The van der Waals surface area contributed by atoms with Crippen LogP contribution in [0.5, 0.6) is 0 Å². The Morgan fingerprint density at radius 2 is 1.20 bits per heavy atom. The average molecular weight is 721 g/mol. The Kier molecular flexibility index (Phi) is 47.6. The van der Waals surface area contributed by atoms with Crippen molar-refractivity contribution >= 4 is 0 Å². The molecule has 51 heavy (non-hydrogen) atoms. The fourth-order valence-corrected chi connectivity index (χ4v) is 8.58. The lowest BCUT2D eigenvalue weighted by molar-refractivity contribution is -0.182. The second-order valence-electron chi connectivity index (χ2n) is 16.1. The molecule has 0 saturated heterocycles. The highest BCUT2D eigenvalue weighted by molar-refractivity contribution is 5.22. The highest BCUT2D eigenvalue weighted by atomic mass is 14.7. The summed E-state index contributed by atoms with van der Waals surface area (Å²) in [7, 11) is 0. The van der Waals surface area contributed by atoms with Gasteiger partial charge in [0.25, 0.3) is 0 Å². The molecule has 0 aromatic rings. The minimum Gasteiger partial charge on any atom is -0.119 e. The van der Waals surface area contributed by atoms with Gasteiger partial charge in [-0.3, -0.25) is 0 Å². The molecule has 0 heteroatoms. The maximum absolute atomic E-state index is 6.17. The zero-order valence-electron chi connectivity index (χ0n) is 41.0. The van der Waals surface area contributed by atoms with Crippen LogP contribution < -0.4 is 0 Å². The van der Waals surface area contributed by atoms with E-state index in [-0.39, 0.29) is 5.92 Å². The van der Waals surface area contributed by atoms with Crippen LogP contribution in [0.2, 0.25) is 0 Å². The standard InChI is InChI=1S/C26H44.C8H16.C5H12.6C2H6/c1-10-12-13-19(5)14-20(6)23(11-2)24(18(3)4)26-16-22(21(26)7)15-25(8,9)17-26;1-7(2)8-5-3-4-6-8;1-4-5(2)3;6*1-2/h2,18-19,21-24H,6,10,12-17H2,1,3-5,7-9H3;7-8H,3-6H2,1-2H3;5H,4H2,1-3H3;6*1-2H3. The van der Waals surface area contributed by atoms with Gasteiger partial charge in [-0.15, -0.1) is 6.42 Å². The van der Waals surface area contributed by atoms with Gasteiger partial charge < -0.3 is 0 Å². The molecule has 0 spiro atoms. The molecule has 4 fully saturated rings. The van der Waals surface area contributed by atoms with E-state index in [0.717, 1.165) is 36.0 Å². The van der Waals surface area contributed by atoms with Gasteiger partial charge in [-0.1, -0.05) is 236 Å². The van der Waals surface area contributed by atoms with Crippen molar-refractivity contribution in [1.82, 2.24) is 0 Å². The Balaban J connectivity index is -0.000000166. The van der Waals surface area contributed by atoms with Gasteiger partial charge in [0.2, 0.25) is 0 Å². The number of hydrogen-bond acceptors (Lipinski definition) is 0. The molecule has 6 atom stereocenters. The van der Waals surface area contributed by atoms with Gasteiger partial charge >= 0.3 is 0 Å². The first kappa shape index (κ1) is 62.3. The summed E-state index contributed by atoms with van der Waals surface area (Å²) in [6.07, 6.45) is 22.6. The molecule has 4 aliphatic rings. The third kappa shape index (κ3) is 25.1. The highest BCUT2D eigenvalue weighted by Crippen LogP contribution is 2.70. The Morgan fingerprint density at radius 3 is 1.49 bits per heavy atom. The first-order valence-corrected chi connectivity index (χ1v) is 23.3. The van der Waals surface area contributed by atoms with Crippen molar-refractivity contribution in [2.45, 2.75) is 243 Å². The van der Waals surface area contributed by atoms with Crippen LogP contribution in [0.3, 0.4) is 0 Å². The van der Waals surface area contributed by atoms with Crippen molar-refractivity contribution in [3.8, 4) is 12.3 Å². The third-order valence-corrected chi connectivity index (χ3v) is 11.1. The minimum atomic E-state index is 0.247. The molecule has 0 amide bonds. The number of unbranched alkanes of at least 4 members (excludes halogenated alkanes) is 1. The van der Waals surface area contributed by atoms with E-state index in [1.165, 1.54) is 76.2 Å². The van der Waals surface area contributed by atoms with Gasteiger partial charge in [-0.05, 0) is 83.9 Å². The lowest BCUT2D eigenvalue weighted by Gasteiger charge is -2.68. The van der Waals surface area contributed by atoms with E-state index in [1.54, 1.807) is 0 Å². The van der Waals surface area contributed by atoms with Crippen molar-refractivity contribution < 1.29 is 0 Å². The van der Waals surface area contributed by atoms with Gasteiger partial charge in [0.05, 0.1) is 0 Å². The molecule has 2 bridgehead atoms. The summed E-state index contributed by atoms with van der Waals surface area (Å²) >= 11 is 0. The summed E-state index contributed by atoms with van der Waals surface area (Å²) in [5.74, 6) is 10.0. The Labute approximate surface area is 330 Å². The maximum atomic E-state index is 6.17. The summed E-state index contributed by atoms with van der Waals surface area (Å²) in [6, 6.07) is 0. The van der Waals surface area contributed by atoms with Crippen LogP contribution in [-0.2, 0) is 0 Å². The predicted molar refractivity (Wildman–Crippen MR) is 246 cm³/mol. The molecule has 6 unspecified atom stereocenters. The van der Waals surface area contributed by atoms with Gasteiger partial charge in [-0.25, -0.2) is 0 Å². The zero-order chi connectivity index (χ0) is 42.0. The first-order chi connectivity index (χ1) is 24.1. The summed E-state index contributed by atoms with van der Waals surface area (Å²) in [5, 5.41) is 0. The summed E-state index contributed by atoms with van der Waals surface area (Å²) in [5.41, 5.74) is 2.24. The lowest BCUT2D eigenvalue weighted by Crippen LogP contribution is -2.60. The van der Waals surface area contributed by atoms with Crippen LogP contribution in [0.4, 0.5) is 0 Å². The van der Waals surface area contributed by atoms with Gasteiger partial charge in [0.1, 0.15) is 0 Å². The molecule has 0 aromatic carbocycles. The van der Waals surface area contributed by atoms with Crippen LogP contribution >= 0.6 is 0 Å². The minimum absolute atomic E-state index is 0.247. The fraction of sp³-hybridized carbons (Fsp3) is 0.922. The number of allylic oxidation sites excluding steroid dienone is 1. The maximum Gasteiger partial charge on any atom is 0.0442 e. The van der Waals surface area contributed by atoms with E-state index in [1.807, 2.05) is 83.1 Å². The van der Waals surface area contributed by atoms with Crippen molar-refractivity contribution in [3.05, 3.63) is 12.2 Å². The van der Waals surface area contributed by atoms with Crippen LogP contribution in [0.25, 0.3) is 0 Å². The fourth-order valence-electron chi connectivity index (χ4n) is 8.58. The smallest absolute Gasteiger partial charge is 0.0442 e. The molecule has 0 heterocycles. The predicted octanol–water partition coefficient (Wildman–Crippen LogP) is 18.8. The lowest BCUT2D eigenvalue weighted by atomic mass is 9.37. The Hall–Kier alpha value is -0.700. The van der Waals surface area contributed by atoms with Crippen molar-refractivity contribution in [2.75, 3.05) is 0 Å². The van der Waals surface area contributed by atoms with Gasteiger partial charge in [-0.2, -0.15) is 0 Å². The Morgan fingerprint density at radius 1 is 0.765 bits per heavy atom. The third-order valence-electron chi connectivity index (χ3n) is 11.1. The van der Waals surface area contributed by atoms with E-state index in [4.69, 9.17) is 6.42 Å². The van der Waals surface area contributed by atoms with Gasteiger partial charge in [0.15, 0.2) is 0 Å². The molecule has 0 radical (unpaired) electrons. The van der Waals surface area contributed by atoms with Crippen molar-refractivity contribution in [3.63, 3.8) is 0 Å². The molecule has 0 aliphatic heterocycles. The van der Waals surface area contributed by atoms with E-state index < -0.39 is 0 Å². The summed E-state index contributed by atoms with van der Waals surface area (Å²) in [4.78, 5) is 0. The van der Waals surface area contributed by atoms with E-state index in [2.05, 4.69) is 95.6 Å². The van der Waals surface area contributed by atoms with Crippen LogP contribution in [0.1, 0.15) is 243 Å². The van der Waals surface area contributed by atoms with Crippen LogP contribution in [0, 0.1) is 76.4 Å². The molecular weight excluding hydrogens is 613 g/mol. The average Bonchev–Trinajstić information content (AvgIpc) is 3.70.